The van der Waals surface area contributed by atoms with E-state index in [-0.39, 0.29) is 0 Å². The second kappa shape index (κ2) is 13.5. The van der Waals surface area contributed by atoms with Gasteiger partial charge in [0.1, 0.15) is 25.0 Å². The number of para-hydroxylation sites is 1. The minimum absolute atomic E-state index is 0.360. The van der Waals surface area contributed by atoms with Crippen LogP contribution in [0.25, 0.3) is 17.2 Å². The zero-order chi connectivity index (χ0) is 25.7. The molecule has 0 aliphatic carbocycles. The number of hydrogen-bond donors (Lipinski definition) is 3. The Morgan fingerprint density at radius 1 is 0.784 bits per heavy atom. The van der Waals surface area contributed by atoms with Crippen molar-refractivity contribution < 1.29 is 19.5 Å². The number of anilines is 1. The zero-order valence-corrected chi connectivity index (χ0v) is 20.4. The third-order valence-electron chi connectivity index (χ3n) is 5.68. The van der Waals surface area contributed by atoms with E-state index < -0.39 is 12.0 Å². The summed E-state index contributed by atoms with van der Waals surface area (Å²) in [6, 6.07) is 34.6. The number of rotatable bonds is 13. The quantitative estimate of drug-likeness (QED) is 0.156. The van der Waals surface area contributed by atoms with Crippen LogP contribution in [0.3, 0.4) is 0 Å². The van der Waals surface area contributed by atoms with Gasteiger partial charge in [-0.3, -0.25) is 10.3 Å². The molecule has 0 bridgehead atoms. The smallest absolute Gasteiger partial charge is 0.326 e. The van der Waals surface area contributed by atoms with E-state index in [1.807, 2.05) is 78.9 Å². The Morgan fingerprint density at radius 3 is 2.11 bits per heavy atom. The maximum Gasteiger partial charge on any atom is 0.326 e. The molecule has 0 amide bonds. The van der Waals surface area contributed by atoms with Crippen LogP contribution in [0.5, 0.6) is 5.75 Å². The van der Waals surface area contributed by atoms with Crippen molar-refractivity contribution in [3.8, 4) is 16.9 Å². The molecule has 0 fully saturated rings. The Kier molecular flexibility index (Phi) is 9.33. The van der Waals surface area contributed by atoms with Gasteiger partial charge in [-0.15, -0.1) is 0 Å². The Balaban J connectivity index is 1.15. The van der Waals surface area contributed by atoms with Crippen LogP contribution in [0, 0.1) is 0 Å². The first-order chi connectivity index (χ1) is 18.2. The highest BCUT2D eigenvalue weighted by Crippen LogP contribution is 2.19. The molecule has 0 radical (unpaired) electrons. The minimum Gasteiger partial charge on any atom is -0.491 e. The molecule has 0 saturated heterocycles. The fourth-order valence-electron chi connectivity index (χ4n) is 3.75. The SMILES string of the molecule is O=C(O)C(Cc1ccc(OCCONC=Cc2ccc(-c3ccccc3)cc2)cc1)Nc1ccccc1. The standard InChI is InChI=1S/C31H30N2O4/c34-31(35)30(33-28-9-5-2-6-10-28)23-25-13-17-29(18-14-25)36-21-22-37-32-20-19-24-11-15-27(16-12-24)26-7-3-1-4-8-26/h1-20,30,32-33H,21-23H2,(H,34,35). The van der Waals surface area contributed by atoms with Gasteiger partial charge in [-0.25, -0.2) is 4.79 Å². The largest absolute Gasteiger partial charge is 0.491 e. The minimum atomic E-state index is -0.896. The number of nitrogens with one attached hydrogen (secondary N) is 2. The molecule has 0 saturated carbocycles. The number of benzene rings is 4. The lowest BCUT2D eigenvalue weighted by molar-refractivity contribution is -0.137. The molecule has 188 valence electrons. The van der Waals surface area contributed by atoms with Crippen LogP contribution in [0.15, 0.2) is 115 Å². The summed E-state index contributed by atoms with van der Waals surface area (Å²) in [4.78, 5) is 17.1. The van der Waals surface area contributed by atoms with Crippen molar-refractivity contribution in [1.29, 1.82) is 0 Å². The van der Waals surface area contributed by atoms with Crippen molar-refractivity contribution in [2.45, 2.75) is 12.5 Å². The molecular weight excluding hydrogens is 464 g/mol. The Hall–Kier alpha value is -4.55. The molecule has 1 atom stereocenters. The van der Waals surface area contributed by atoms with Crippen molar-refractivity contribution >= 4 is 17.7 Å². The summed E-state index contributed by atoms with van der Waals surface area (Å²) in [5.74, 6) is -0.198. The van der Waals surface area contributed by atoms with Gasteiger partial charge in [0.2, 0.25) is 0 Å². The number of ether oxygens (including phenoxy) is 1. The van der Waals surface area contributed by atoms with Crippen LogP contribution in [-0.2, 0) is 16.1 Å². The van der Waals surface area contributed by atoms with Crippen molar-refractivity contribution in [1.82, 2.24) is 5.48 Å². The average molecular weight is 495 g/mol. The highest BCUT2D eigenvalue weighted by atomic mass is 16.7. The van der Waals surface area contributed by atoms with Gasteiger partial charge in [-0.2, -0.15) is 0 Å². The predicted octanol–water partition coefficient (Wildman–Crippen LogP) is 6.03. The molecule has 0 aromatic heterocycles. The topological polar surface area (TPSA) is 79.8 Å². The van der Waals surface area contributed by atoms with E-state index in [9.17, 15) is 9.90 Å². The van der Waals surface area contributed by atoms with Crippen LogP contribution in [0.4, 0.5) is 5.69 Å². The van der Waals surface area contributed by atoms with Crippen LogP contribution in [-0.4, -0.2) is 30.3 Å². The van der Waals surface area contributed by atoms with E-state index in [2.05, 4.69) is 47.2 Å². The Labute approximate surface area is 217 Å². The van der Waals surface area contributed by atoms with E-state index in [1.54, 1.807) is 6.20 Å². The van der Waals surface area contributed by atoms with E-state index in [0.717, 1.165) is 16.8 Å². The molecule has 6 nitrogen and oxygen atoms in total. The van der Waals surface area contributed by atoms with Gasteiger partial charge in [0.25, 0.3) is 0 Å². The molecule has 4 aromatic rings. The van der Waals surface area contributed by atoms with E-state index in [4.69, 9.17) is 9.57 Å². The van der Waals surface area contributed by atoms with Gasteiger partial charge in [-0.05, 0) is 52.6 Å². The fourth-order valence-corrected chi connectivity index (χ4v) is 3.75. The second-order valence-corrected chi connectivity index (χ2v) is 8.39. The molecule has 1 unspecified atom stereocenters. The highest BCUT2D eigenvalue weighted by Gasteiger charge is 2.17. The molecule has 4 aromatic carbocycles. The molecule has 3 N–H and O–H groups in total. The van der Waals surface area contributed by atoms with Crippen LogP contribution in [0.2, 0.25) is 0 Å². The first kappa shape index (κ1) is 25.5. The molecule has 0 heterocycles. The van der Waals surface area contributed by atoms with Crippen molar-refractivity contribution in [2.24, 2.45) is 0 Å². The summed E-state index contributed by atoms with van der Waals surface area (Å²) < 4.78 is 5.71. The van der Waals surface area contributed by atoms with E-state index in [0.29, 0.717) is 25.4 Å². The maximum atomic E-state index is 11.7. The van der Waals surface area contributed by atoms with Crippen LogP contribution >= 0.6 is 0 Å². The maximum absolute atomic E-state index is 11.7. The van der Waals surface area contributed by atoms with Gasteiger partial charge in [0.15, 0.2) is 0 Å². The highest BCUT2D eigenvalue weighted by molar-refractivity contribution is 5.77. The van der Waals surface area contributed by atoms with Crippen molar-refractivity contribution in [2.75, 3.05) is 18.5 Å². The second-order valence-electron chi connectivity index (χ2n) is 8.39. The van der Waals surface area contributed by atoms with Gasteiger partial charge < -0.3 is 15.2 Å². The normalized spacial score (nSPS) is 11.7. The molecule has 0 aliphatic heterocycles. The first-order valence-electron chi connectivity index (χ1n) is 12.1. The summed E-state index contributed by atoms with van der Waals surface area (Å²) in [5.41, 5.74) is 7.92. The monoisotopic (exact) mass is 494 g/mol. The lowest BCUT2D eigenvalue weighted by Gasteiger charge is -2.16. The molecule has 6 heteroatoms. The summed E-state index contributed by atoms with van der Waals surface area (Å²) in [6.45, 7) is 0.737. The molecule has 37 heavy (non-hydrogen) atoms. The summed E-state index contributed by atoms with van der Waals surface area (Å²) >= 11 is 0. The summed E-state index contributed by atoms with van der Waals surface area (Å²) in [5, 5.41) is 12.6. The number of carbonyl (C=O) groups is 1. The summed E-state index contributed by atoms with van der Waals surface area (Å²) in [6.07, 6.45) is 4.04. The lowest BCUT2D eigenvalue weighted by atomic mass is 10.0. The van der Waals surface area contributed by atoms with Gasteiger partial charge in [0.05, 0.1) is 0 Å². The van der Waals surface area contributed by atoms with Gasteiger partial charge in [-0.1, -0.05) is 84.9 Å². The Morgan fingerprint density at radius 2 is 1.43 bits per heavy atom. The molecule has 0 aliphatic rings. The number of carboxylic acids is 1. The lowest BCUT2D eigenvalue weighted by Crippen LogP contribution is -2.31. The number of aliphatic carboxylic acids is 1. The average Bonchev–Trinajstić information content (AvgIpc) is 2.94. The van der Waals surface area contributed by atoms with Gasteiger partial charge >= 0.3 is 5.97 Å². The van der Waals surface area contributed by atoms with Crippen molar-refractivity contribution in [3.05, 3.63) is 127 Å². The number of carboxylic acid groups (broad SMARTS) is 1. The summed E-state index contributed by atoms with van der Waals surface area (Å²) in [7, 11) is 0. The molecular formula is C31H30N2O4. The zero-order valence-electron chi connectivity index (χ0n) is 20.4. The molecule has 0 spiro atoms. The number of hydroxylamine groups is 1. The fraction of sp³-hybridized carbons (Fsp3) is 0.129. The van der Waals surface area contributed by atoms with E-state index in [1.165, 1.54) is 11.1 Å². The third kappa shape index (κ3) is 8.26. The van der Waals surface area contributed by atoms with Crippen LogP contribution in [0.1, 0.15) is 11.1 Å². The first-order valence-corrected chi connectivity index (χ1v) is 12.1. The van der Waals surface area contributed by atoms with E-state index >= 15 is 0 Å². The van der Waals surface area contributed by atoms with Crippen LogP contribution < -0.4 is 15.5 Å². The van der Waals surface area contributed by atoms with Crippen molar-refractivity contribution in [3.63, 3.8) is 0 Å². The predicted molar refractivity (Wildman–Crippen MR) is 147 cm³/mol. The third-order valence-corrected chi connectivity index (χ3v) is 5.68. The van der Waals surface area contributed by atoms with Gasteiger partial charge in [0, 0.05) is 18.3 Å². The Bertz CT molecular complexity index is 1260. The number of hydrogen-bond acceptors (Lipinski definition) is 5. The molecule has 4 rings (SSSR count).